The molecule has 5 rings (SSSR count). The first-order valence-electron chi connectivity index (χ1n) is 10.7. The van der Waals surface area contributed by atoms with Crippen molar-refractivity contribution in [3.8, 4) is 0 Å². The van der Waals surface area contributed by atoms with Crippen LogP contribution in [0.3, 0.4) is 0 Å². The molecule has 3 aromatic rings. The first-order valence-corrected chi connectivity index (χ1v) is 10.7. The van der Waals surface area contributed by atoms with E-state index in [0.717, 1.165) is 13.2 Å². The molecular formula is C25H29N3. The fourth-order valence-electron chi connectivity index (χ4n) is 4.94. The molecule has 0 aromatic heterocycles. The molecule has 144 valence electrons. The van der Waals surface area contributed by atoms with Crippen molar-refractivity contribution >= 4 is 27.8 Å². The van der Waals surface area contributed by atoms with E-state index in [2.05, 4.69) is 88.8 Å². The van der Waals surface area contributed by atoms with Crippen molar-refractivity contribution in [3.63, 3.8) is 0 Å². The molecule has 3 heteroatoms. The lowest BCUT2D eigenvalue weighted by Crippen LogP contribution is -2.42. The number of anilines is 3. The van der Waals surface area contributed by atoms with Crippen molar-refractivity contribution < 1.29 is 0 Å². The first kappa shape index (κ1) is 17.4. The Hall–Kier alpha value is -2.68. The van der Waals surface area contributed by atoms with Crippen molar-refractivity contribution in [2.75, 3.05) is 28.3 Å². The van der Waals surface area contributed by atoms with Crippen LogP contribution in [0.5, 0.6) is 0 Å². The van der Waals surface area contributed by atoms with Gasteiger partial charge in [-0.05, 0) is 67.6 Å². The summed E-state index contributed by atoms with van der Waals surface area (Å²) < 4.78 is 0. The summed E-state index contributed by atoms with van der Waals surface area (Å²) in [7, 11) is 0. The predicted molar refractivity (Wildman–Crippen MR) is 120 cm³/mol. The SMILES string of the molecule is CCN1CN(C2CCC(Nc3ccc4ccccc4c3)CC2)c2ccccc21. The maximum Gasteiger partial charge on any atom is 0.0906 e. The van der Waals surface area contributed by atoms with Crippen LogP contribution >= 0.6 is 0 Å². The van der Waals surface area contributed by atoms with Crippen LogP contribution in [0.1, 0.15) is 32.6 Å². The van der Waals surface area contributed by atoms with Crippen molar-refractivity contribution in [3.05, 3.63) is 66.7 Å². The van der Waals surface area contributed by atoms with Gasteiger partial charge in [-0.3, -0.25) is 0 Å². The minimum atomic E-state index is 0.581. The molecule has 3 nitrogen and oxygen atoms in total. The van der Waals surface area contributed by atoms with Gasteiger partial charge in [-0.2, -0.15) is 0 Å². The van der Waals surface area contributed by atoms with Gasteiger partial charge in [0.2, 0.25) is 0 Å². The fourth-order valence-corrected chi connectivity index (χ4v) is 4.94. The molecule has 1 N–H and O–H groups in total. The van der Waals surface area contributed by atoms with E-state index in [1.165, 1.54) is 53.5 Å². The summed E-state index contributed by atoms with van der Waals surface area (Å²) in [6.07, 6.45) is 5.00. The molecular weight excluding hydrogens is 342 g/mol. The lowest BCUT2D eigenvalue weighted by molar-refractivity contribution is 0.393. The largest absolute Gasteiger partial charge is 0.382 e. The first-order chi connectivity index (χ1) is 13.8. The van der Waals surface area contributed by atoms with Crippen LogP contribution in [0, 0.1) is 0 Å². The van der Waals surface area contributed by atoms with Crippen LogP contribution in [0.15, 0.2) is 66.7 Å². The van der Waals surface area contributed by atoms with Crippen LogP contribution in [0.2, 0.25) is 0 Å². The zero-order chi connectivity index (χ0) is 18.9. The lowest BCUT2D eigenvalue weighted by atomic mass is 9.90. The average Bonchev–Trinajstić information content (AvgIpc) is 3.13. The van der Waals surface area contributed by atoms with Gasteiger partial charge in [0.15, 0.2) is 0 Å². The Labute approximate surface area is 168 Å². The lowest BCUT2D eigenvalue weighted by Gasteiger charge is -2.36. The smallest absolute Gasteiger partial charge is 0.0906 e. The van der Waals surface area contributed by atoms with E-state index in [0.29, 0.717) is 12.1 Å². The van der Waals surface area contributed by atoms with E-state index in [1.54, 1.807) is 0 Å². The van der Waals surface area contributed by atoms with Gasteiger partial charge < -0.3 is 15.1 Å². The Bertz CT molecular complexity index is 959. The molecule has 0 spiro atoms. The summed E-state index contributed by atoms with van der Waals surface area (Å²) in [6.45, 7) is 4.38. The molecule has 0 amide bonds. The summed E-state index contributed by atoms with van der Waals surface area (Å²) in [4.78, 5) is 5.14. The second-order valence-corrected chi connectivity index (χ2v) is 8.17. The zero-order valence-corrected chi connectivity index (χ0v) is 16.6. The summed E-state index contributed by atoms with van der Waals surface area (Å²) >= 11 is 0. The normalized spacial score (nSPS) is 21.8. The van der Waals surface area contributed by atoms with E-state index in [4.69, 9.17) is 0 Å². The highest BCUT2D eigenvalue weighted by Gasteiger charge is 2.32. The third-order valence-electron chi connectivity index (χ3n) is 6.49. The molecule has 0 atom stereocenters. The number of nitrogens with one attached hydrogen (secondary N) is 1. The van der Waals surface area contributed by atoms with Crippen molar-refractivity contribution in [2.45, 2.75) is 44.7 Å². The number of hydrogen-bond donors (Lipinski definition) is 1. The van der Waals surface area contributed by atoms with Gasteiger partial charge >= 0.3 is 0 Å². The second-order valence-electron chi connectivity index (χ2n) is 8.17. The Balaban J connectivity index is 1.24. The summed E-state index contributed by atoms with van der Waals surface area (Å²) in [5, 5.41) is 6.42. The molecule has 0 radical (unpaired) electrons. The number of rotatable bonds is 4. The fraction of sp³-hybridized carbons (Fsp3) is 0.360. The van der Waals surface area contributed by atoms with Gasteiger partial charge in [0, 0.05) is 24.3 Å². The molecule has 28 heavy (non-hydrogen) atoms. The molecule has 1 fully saturated rings. The number of benzene rings is 3. The quantitative estimate of drug-likeness (QED) is 0.619. The second kappa shape index (κ2) is 7.38. The molecule has 0 bridgehead atoms. The van der Waals surface area contributed by atoms with E-state index in [1.807, 2.05) is 0 Å². The van der Waals surface area contributed by atoms with Crippen LogP contribution in [0.4, 0.5) is 17.1 Å². The zero-order valence-electron chi connectivity index (χ0n) is 16.6. The molecule has 3 aromatic carbocycles. The molecule has 1 heterocycles. The van der Waals surface area contributed by atoms with Crippen LogP contribution in [-0.2, 0) is 0 Å². The van der Waals surface area contributed by atoms with Crippen LogP contribution in [0.25, 0.3) is 10.8 Å². The van der Waals surface area contributed by atoms with Crippen LogP contribution < -0.4 is 15.1 Å². The van der Waals surface area contributed by atoms with Gasteiger partial charge in [0.1, 0.15) is 0 Å². The van der Waals surface area contributed by atoms with Gasteiger partial charge in [0.05, 0.1) is 18.0 Å². The highest BCUT2D eigenvalue weighted by atomic mass is 15.4. The molecule has 1 saturated carbocycles. The van der Waals surface area contributed by atoms with Crippen molar-refractivity contribution in [1.82, 2.24) is 0 Å². The highest BCUT2D eigenvalue weighted by molar-refractivity contribution is 5.85. The number of fused-ring (bicyclic) bond motifs is 2. The standard InChI is InChI=1S/C25H29N3/c1-2-27-18-28(25-10-6-5-9-24(25)27)23-15-13-21(14-16-23)26-22-12-11-19-7-3-4-8-20(19)17-22/h3-12,17,21,23,26H,2,13-16,18H2,1H3. The summed E-state index contributed by atoms with van der Waals surface area (Å²) in [5.74, 6) is 0. The molecule has 1 aliphatic carbocycles. The maximum absolute atomic E-state index is 3.79. The van der Waals surface area contributed by atoms with E-state index >= 15 is 0 Å². The Kier molecular flexibility index (Phi) is 4.59. The predicted octanol–water partition coefficient (Wildman–Crippen LogP) is 5.87. The Morgan fingerprint density at radius 1 is 0.821 bits per heavy atom. The highest BCUT2D eigenvalue weighted by Crippen LogP contribution is 2.39. The Morgan fingerprint density at radius 3 is 2.32 bits per heavy atom. The number of hydrogen-bond acceptors (Lipinski definition) is 3. The third-order valence-corrected chi connectivity index (χ3v) is 6.49. The van der Waals surface area contributed by atoms with E-state index in [-0.39, 0.29) is 0 Å². The molecule has 1 aliphatic heterocycles. The summed E-state index contributed by atoms with van der Waals surface area (Å²) in [6, 6.07) is 25.5. The van der Waals surface area contributed by atoms with E-state index < -0.39 is 0 Å². The maximum atomic E-state index is 3.79. The average molecular weight is 372 g/mol. The van der Waals surface area contributed by atoms with Gasteiger partial charge in [0.25, 0.3) is 0 Å². The molecule has 2 aliphatic rings. The molecule has 0 unspecified atom stereocenters. The molecule has 0 saturated heterocycles. The minimum Gasteiger partial charge on any atom is -0.382 e. The monoisotopic (exact) mass is 371 g/mol. The van der Waals surface area contributed by atoms with Crippen LogP contribution in [-0.4, -0.2) is 25.3 Å². The number of para-hydroxylation sites is 2. The minimum absolute atomic E-state index is 0.581. The van der Waals surface area contributed by atoms with Gasteiger partial charge in [-0.1, -0.05) is 42.5 Å². The van der Waals surface area contributed by atoms with Crippen molar-refractivity contribution in [1.29, 1.82) is 0 Å². The van der Waals surface area contributed by atoms with Crippen molar-refractivity contribution in [2.24, 2.45) is 0 Å². The van der Waals surface area contributed by atoms with E-state index in [9.17, 15) is 0 Å². The van der Waals surface area contributed by atoms with Gasteiger partial charge in [-0.25, -0.2) is 0 Å². The summed E-state index contributed by atoms with van der Waals surface area (Å²) in [5.41, 5.74) is 4.09. The van der Waals surface area contributed by atoms with Gasteiger partial charge in [-0.15, -0.1) is 0 Å². The topological polar surface area (TPSA) is 18.5 Å². The third kappa shape index (κ3) is 3.19. The Morgan fingerprint density at radius 2 is 1.54 bits per heavy atom. The number of nitrogens with zero attached hydrogens (tertiary/aromatic N) is 2.